The van der Waals surface area contributed by atoms with Crippen LogP contribution in [0.25, 0.3) is 0 Å². The van der Waals surface area contributed by atoms with Gasteiger partial charge in [0.2, 0.25) is 0 Å². The van der Waals surface area contributed by atoms with Crippen LogP contribution in [0.5, 0.6) is 0 Å². The molecule has 0 aromatic heterocycles. The van der Waals surface area contributed by atoms with Crippen LogP contribution in [0.4, 0.5) is 0 Å². The van der Waals surface area contributed by atoms with Gasteiger partial charge in [-0.3, -0.25) is 14.6 Å². The monoisotopic (exact) mass is 232 g/mol. The van der Waals surface area contributed by atoms with Gasteiger partial charge < -0.3 is 15.3 Å². The van der Waals surface area contributed by atoms with Crippen molar-refractivity contribution in [3.8, 4) is 0 Å². The van der Waals surface area contributed by atoms with Gasteiger partial charge >= 0.3 is 59.6 Å². The molecule has 0 saturated carbocycles. The summed E-state index contributed by atoms with van der Waals surface area (Å²) >= 11 is 0. The van der Waals surface area contributed by atoms with Crippen molar-refractivity contribution in [2.24, 2.45) is 0 Å². The average Bonchev–Trinajstić information content (AvgIpc) is 1.19. The molecular weight excluding hydrogens is 214 g/mol. The zero-order valence-electron chi connectivity index (χ0n) is 6.71. The molecule has 0 aliphatic heterocycles. The summed E-state index contributed by atoms with van der Waals surface area (Å²) in [5, 5.41) is 0. The zero-order chi connectivity index (χ0) is 8.08. The Labute approximate surface area is 113 Å². The molecule has 11 heavy (non-hydrogen) atoms. The second-order valence-electron chi connectivity index (χ2n) is 2.73. The Hall–Kier alpha value is 2.10. The molecule has 0 fully saturated rings. The van der Waals surface area contributed by atoms with Gasteiger partial charge in [-0.2, -0.15) is 0 Å². The molecule has 0 spiro atoms. The van der Waals surface area contributed by atoms with Gasteiger partial charge in [-0.1, -0.05) is 0 Å². The topological polar surface area (TPSA) is 89.0 Å². The molecule has 0 aliphatic carbocycles. The van der Waals surface area contributed by atoms with Crippen molar-refractivity contribution >= 4 is 69.7 Å². The molecule has 0 rings (SSSR count). The van der Waals surface area contributed by atoms with E-state index in [-0.39, 0.29) is 66.9 Å². The third-order valence-electron chi connectivity index (χ3n) is 0. The Kier molecular flexibility index (Phi) is 25.5. The van der Waals surface area contributed by atoms with E-state index in [9.17, 15) is 0 Å². The summed E-state index contributed by atoms with van der Waals surface area (Å²) in [5.74, 6) is 0. The van der Waals surface area contributed by atoms with Crippen molar-refractivity contribution in [3.05, 3.63) is 0 Å². The Bertz CT molecular complexity index is 84.6. The predicted octanol–water partition coefficient (Wildman–Crippen LogP) is -0.802. The van der Waals surface area contributed by atoms with E-state index in [0.717, 1.165) is 0 Å². The molecule has 0 heterocycles. The molecule has 0 aromatic rings. The summed E-state index contributed by atoms with van der Waals surface area (Å²) in [6.07, 6.45) is 9.08. The van der Waals surface area contributed by atoms with Gasteiger partial charge in [-0.05, 0) is 25.0 Å². The van der Waals surface area contributed by atoms with Crippen LogP contribution in [0.1, 0.15) is 0 Å². The Morgan fingerprint density at radius 3 is 1.09 bits per heavy atom. The second kappa shape index (κ2) is 12.1. The average molecular weight is 232 g/mol. The summed E-state index contributed by atoms with van der Waals surface area (Å²) in [6, 6.07) is 0. The molecule has 7 heteroatoms. The standard InChI is InChI=1S/C4H12S.K.H3O3P.H2O.H/c1-5(2,3)4;;1-4(2)3;;/h1-4H3;;4H,(H2,1,2,3);1H2;. The Balaban J connectivity index is -0.0000000383. The number of rotatable bonds is 0. The van der Waals surface area contributed by atoms with Crippen LogP contribution >= 0.6 is 18.3 Å². The van der Waals surface area contributed by atoms with Crippen LogP contribution < -0.4 is 0 Å². The molecule has 70 valence electrons. The predicted molar refractivity (Wildman–Crippen MR) is 55.5 cm³/mol. The summed E-state index contributed by atoms with van der Waals surface area (Å²) in [5.41, 5.74) is 0. The fraction of sp³-hybridized carbons (Fsp3) is 1.00. The van der Waals surface area contributed by atoms with Crippen LogP contribution in [0, 0.1) is 0 Å². The first-order valence-corrected chi connectivity index (χ1v) is 6.85. The first kappa shape index (κ1) is 23.2. The van der Waals surface area contributed by atoms with Crippen LogP contribution in [0.2, 0.25) is 0 Å². The molecule has 0 atom stereocenters. The van der Waals surface area contributed by atoms with Gasteiger partial charge in [0.05, 0.1) is 0 Å². The van der Waals surface area contributed by atoms with Crippen LogP contribution in [-0.2, 0) is 4.57 Å². The van der Waals surface area contributed by atoms with E-state index < -0.39 is 8.25 Å². The van der Waals surface area contributed by atoms with Crippen molar-refractivity contribution in [1.82, 2.24) is 0 Å². The summed E-state index contributed by atoms with van der Waals surface area (Å²) in [4.78, 5) is 14.3. The van der Waals surface area contributed by atoms with E-state index in [0.29, 0.717) is 0 Å². The molecule has 0 unspecified atom stereocenters. The third-order valence-corrected chi connectivity index (χ3v) is 0. The minimum absolute atomic E-state index is 0. The summed E-state index contributed by atoms with van der Waals surface area (Å²) in [6.45, 7) is 0. The van der Waals surface area contributed by atoms with Gasteiger partial charge in [0.15, 0.2) is 0 Å². The van der Waals surface area contributed by atoms with Crippen LogP contribution in [-0.4, -0.2) is 91.7 Å². The quantitative estimate of drug-likeness (QED) is 0.423. The molecule has 4 N–H and O–H groups in total. The van der Waals surface area contributed by atoms with Crippen molar-refractivity contribution in [3.63, 3.8) is 0 Å². The van der Waals surface area contributed by atoms with Gasteiger partial charge in [0.1, 0.15) is 0 Å². The molecule has 0 aromatic carbocycles. The van der Waals surface area contributed by atoms with Crippen molar-refractivity contribution in [2.45, 2.75) is 0 Å². The van der Waals surface area contributed by atoms with Gasteiger partial charge in [0, 0.05) is 0 Å². The molecular formula is C4H18KO4PS. The Morgan fingerprint density at radius 2 is 1.09 bits per heavy atom. The molecule has 0 saturated heterocycles. The zero-order valence-corrected chi connectivity index (χ0v) is 8.53. The molecule has 0 radical (unpaired) electrons. The SMILES string of the molecule is CS(C)(C)C.O.O=[PH](O)O.[KH]. The maximum absolute atomic E-state index is 8.74. The minimum atomic E-state index is -3.13. The van der Waals surface area contributed by atoms with Crippen molar-refractivity contribution in [2.75, 3.05) is 25.0 Å². The number of hydrogen-bond donors (Lipinski definition) is 2. The van der Waals surface area contributed by atoms with Crippen LogP contribution in [0.15, 0.2) is 0 Å². The summed E-state index contributed by atoms with van der Waals surface area (Å²) in [7, 11) is -3.30. The van der Waals surface area contributed by atoms with Crippen molar-refractivity contribution in [1.29, 1.82) is 0 Å². The van der Waals surface area contributed by atoms with Gasteiger partial charge in [-0.15, -0.1) is 0 Å². The summed E-state index contributed by atoms with van der Waals surface area (Å²) < 4.78 is 8.74. The number of hydrogen-bond acceptors (Lipinski definition) is 1. The second-order valence-corrected chi connectivity index (χ2v) is 8.20. The molecule has 0 amide bonds. The van der Waals surface area contributed by atoms with E-state index in [1.807, 2.05) is 0 Å². The fourth-order valence-electron chi connectivity index (χ4n) is 0. The van der Waals surface area contributed by atoms with E-state index in [4.69, 9.17) is 14.4 Å². The van der Waals surface area contributed by atoms with Crippen LogP contribution in [0.3, 0.4) is 0 Å². The molecule has 4 nitrogen and oxygen atoms in total. The maximum atomic E-state index is 8.74. The fourth-order valence-corrected chi connectivity index (χ4v) is 0. The van der Waals surface area contributed by atoms with E-state index in [2.05, 4.69) is 25.0 Å². The first-order valence-electron chi connectivity index (χ1n) is 2.28. The molecule has 0 aliphatic rings. The first-order chi connectivity index (χ1) is 3.73. The normalized spacial score (nSPS) is 10.1. The van der Waals surface area contributed by atoms with E-state index in [1.54, 1.807) is 0 Å². The van der Waals surface area contributed by atoms with E-state index in [1.165, 1.54) is 0 Å². The van der Waals surface area contributed by atoms with Gasteiger partial charge in [-0.25, -0.2) is 0 Å². The van der Waals surface area contributed by atoms with E-state index >= 15 is 0 Å². The Morgan fingerprint density at radius 1 is 1.09 bits per heavy atom. The van der Waals surface area contributed by atoms with Crippen molar-refractivity contribution < 1.29 is 19.8 Å². The van der Waals surface area contributed by atoms with Gasteiger partial charge in [0.25, 0.3) is 0 Å². The third kappa shape index (κ3) is 281. The molecule has 0 bridgehead atoms.